The second-order valence-corrected chi connectivity index (χ2v) is 6.39. The van der Waals surface area contributed by atoms with Crippen LogP contribution in [0.5, 0.6) is 0 Å². The zero-order valence-corrected chi connectivity index (χ0v) is 10.6. The Morgan fingerprint density at radius 3 is 2.75 bits per heavy atom. The minimum atomic E-state index is 0.915. The normalized spacial score (nSPS) is 43.1. The molecule has 0 radical (unpaired) electrons. The largest absolute Gasteiger partial charge is 0.316 e. The van der Waals surface area contributed by atoms with Crippen LogP contribution in [0.1, 0.15) is 38.5 Å². The molecule has 0 amide bonds. The van der Waals surface area contributed by atoms with Gasteiger partial charge in [-0.05, 0) is 70.0 Å². The average molecular weight is 222 g/mol. The molecule has 0 aromatic heterocycles. The number of nitrogens with zero attached hydrogens (tertiary/aromatic N) is 1. The molecule has 2 aliphatic carbocycles. The van der Waals surface area contributed by atoms with Gasteiger partial charge in [0.1, 0.15) is 0 Å². The summed E-state index contributed by atoms with van der Waals surface area (Å²) in [6, 6.07) is 0.931. The first kappa shape index (κ1) is 11.0. The monoisotopic (exact) mass is 222 g/mol. The molecule has 0 aromatic carbocycles. The van der Waals surface area contributed by atoms with Gasteiger partial charge in [0.05, 0.1) is 0 Å². The molecular weight excluding hydrogens is 196 g/mol. The van der Waals surface area contributed by atoms with Gasteiger partial charge in [-0.1, -0.05) is 6.42 Å². The third-order valence-corrected chi connectivity index (χ3v) is 5.21. The zero-order valence-electron chi connectivity index (χ0n) is 10.6. The molecule has 2 nitrogen and oxygen atoms in total. The number of rotatable bonds is 3. The van der Waals surface area contributed by atoms with E-state index in [0.29, 0.717) is 0 Å². The summed E-state index contributed by atoms with van der Waals surface area (Å²) in [6.07, 6.45) is 8.91. The Hall–Kier alpha value is -0.0800. The van der Waals surface area contributed by atoms with Gasteiger partial charge >= 0.3 is 0 Å². The summed E-state index contributed by atoms with van der Waals surface area (Å²) < 4.78 is 0. The third-order valence-electron chi connectivity index (χ3n) is 5.21. The number of nitrogens with one attached hydrogen (secondary N) is 1. The van der Waals surface area contributed by atoms with Crippen molar-refractivity contribution in [2.24, 2.45) is 17.8 Å². The van der Waals surface area contributed by atoms with Crippen molar-refractivity contribution in [1.29, 1.82) is 0 Å². The maximum atomic E-state index is 3.54. The van der Waals surface area contributed by atoms with Gasteiger partial charge in [-0.25, -0.2) is 0 Å². The van der Waals surface area contributed by atoms with Crippen LogP contribution in [0.15, 0.2) is 0 Å². The van der Waals surface area contributed by atoms with Crippen molar-refractivity contribution in [3.8, 4) is 0 Å². The number of fused-ring (bicyclic) bond motifs is 2. The van der Waals surface area contributed by atoms with Crippen LogP contribution >= 0.6 is 0 Å². The average Bonchev–Trinajstić information content (AvgIpc) is 2.92. The van der Waals surface area contributed by atoms with Crippen molar-refractivity contribution in [1.82, 2.24) is 10.2 Å². The summed E-state index contributed by atoms with van der Waals surface area (Å²) in [5, 5.41) is 3.54. The van der Waals surface area contributed by atoms with Gasteiger partial charge < -0.3 is 10.2 Å². The van der Waals surface area contributed by atoms with Crippen LogP contribution in [0.2, 0.25) is 0 Å². The molecule has 2 heteroatoms. The first-order valence-electron chi connectivity index (χ1n) is 7.24. The lowest BCUT2D eigenvalue weighted by molar-refractivity contribution is 0.143. The first-order chi connectivity index (χ1) is 7.83. The van der Waals surface area contributed by atoms with Crippen LogP contribution in [0, 0.1) is 17.8 Å². The van der Waals surface area contributed by atoms with Gasteiger partial charge in [-0.2, -0.15) is 0 Å². The fourth-order valence-electron chi connectivity index (χ4n) is 4.37. The minimum Gasteiger partial charge on any atom is -0.316 e. The first-order valence-corrected chi connectivity index (χ1v) is 7.24. The molecule has 2 bridgehead atoms. The number of hydrogen-bond acceptors (Lipinski definition) is 2. The van der Waals surface area contributed by atoms with E-state index in [9.17, 15) is 0 Å². The van der Waals surface area contributed by atoms with E-state index in [1.54, 1.807) is 0 Å². The van der Waals surface area contributed by atoms with Crippen molar-refractivity contribution in [3.05, 3.63) is 0 Å². The summed E-state index contributed by atoms with van der Waals surface area (Å²) in [5.41, 5.74) is 0. The van der Waals surface area contributed by atoms with Crippen LogP contribution in [-0.2, 0) is 0 Å². The minimum absolute atomic E-state index is 0.915. The van der Waals surface area contributed by atoms with E-state index >= 15 is 0 Å². The van der Waals surface area contributed by atoms with Crippen molar-refractivity contribution in [2.75, 3.05) is 26.7 Å². The molecule has 3 aliphatic rings. The van der Waals surface area contributed by atoms with Crippen LogP contribution in [0.4, 0.5) is 0 Å². The molecular formula is C14H26N2. The molecule has 2 saturated carbocycles. The zero-order chi connectivity index (χ0) is 11.0. The second-order valence-electron chi connectivity index (χ2n) is 6.39. The lowest BCUT2D eigenvalue weighted by Gasteiger charge is -2.35. The third kappa shape index (κ3) is 2.14. The quantitative estimate of drug-likeness (QED) is 0.787. The molecule has 1 saturated heterocycles. The van der Waals surface area contributed by atoms with E-state index < -0.39 is 0 Å². The fraction of sp³-hybridized carbons (Fsp3) is 1.00. The van der Waals surface area contributed by atoms with E-state index in [2.05, 4.69) is 17.3 Å². The van der Waals surface area contributed by atoms with E-state index in [0.717, 1.165) is 23.8 Å². The van der Waals surface area contributed by atoms with Crippen LogP contribution in [0.3, 0.4) is 0 Å². The second kappa shape index (κ2) is 4.66. The van der Waals surface area contributed by atoms with Crippen molar-refractivity contribution >= 4 is 0 Å². The summed E-state index contributed by atoms with van der Waals surface area (Å²) in [6.45, 7) is 3.83. The highest BCUT2D eigenvalue weighted by Crippen LogP contribution is 2.46. The highest BCUT2D eigenvalue weighted by molar-refractivity contribution is 4.95. The Bertz CT molecular complexity index is 235. The van der Waals surface area contributed by atoms with Crippen LogP contribution in [0.25, 0.3) is 0 Å². The predicted molar refractivity (Wildman–Crippen MR) is 67.5 cm³/mol. The van der Waals surface area contributed by atoms with Gasteiger partial charge in [-0.3, -0.25) is 0 Å². The molecule has 4 atom stereocenters. The molecule has 4 unspecified atom stereocenters. The maximum Gasteiger partial charge on any atom is 0.0123 e. The standard InChI is InChI=1S/C14H26N2/c1-16(10-12-3-2-6-15-9-12)14-8-11-4-5-13(14)7-11/h11-15H,2-10H2,1H3. The van der Waals surface area contributed by atoms with Crippen LogP contribution in [-0.4, -0.2) is 37.6 Å². The van der Waals surface area contributed by atoms with E-state index in [4.69, 9.17) is 0 Å². The molecule has 0 aromatic rings. The van der Waals surface area contributed by atoms with Crippen molar-refractivity contribution < 1.29 is 0 Å². The fourth-order valence-corrected chi connectivity index (χ4v) is 4.37. The summed E-state index contributed by atoms with van der Waals surface area (Å²) >= 11 is 0. The van der Waals surface area contributed by atoms with Gasteiger partial charge in [0.2, 0.25) is 0 Å². The van der Waals surface area contributed by atoms with Gasteiger partial charge in [0.25, 0.3) is 0 Å². The lowest BCUT2D eigenvalue weighted by atomic mass is 9.92. The molecule has 1 N–H and O–H groups in total. The Morgan fingerprint density at radius 2 is 2.12 bits per heavy atom. The highest BCUT2D eigenvalue weighted by Gasteiger charge is 2.41. The number of piperidine rings is 1. The molecule has 1 heterocycles. The topological polar surface area (TPSA) is 15.3 Å². The van der Waals surface area contributed by atoms with Crippen LogP contribution < -0.4 is 5.32 Å². The SMILES string of the molecule is CN(CC1CCCNC1)C1CC2CCC1C2. The van der Waals surface area contributed by atoms with E-state index in [1.807, 2.05) is 0 Å². The van der Waals surface area contributed by atoms with Gasteiger partial charge in [0, 0.05) is 12.6 Å². The summed E-state index contributed by atoms with van der Waals surface area (Å²) in [5.74, 6) is 3.05. The smallest absolute Gasteiger partial charge is 0.0123 e. The Balaban J connectivity index is 1.51. The highest BCUT2D eigenvalue weighted by atomic mass is 15.1. The Labute approximate surface area is 99.8 Å². The lowest BCUT2D eigenvalue weighted by Crippen LogP contribution is -2.42. The molecule has 1 aliphatic heterocycles. The van der Waals surface area contributed by atoms with Gasteiger partial charge in [0.15, 0.2) is 0 Å². The van der Waals surface area contributed by atoms with E-state index in [-0.39, 0.29) is 0 Å². The molecule has 92 valence electrons. The molecule has 16 heavy (non-hydrogen) atoms. The molecule has 3 rings (SSSR count). The summed E-state index contributed by atoms with van der Waals surface area (Å²) in [7, 11) is 2.37. The molecule has 0 spiro atoms. The Morgan fingerprint density at radius 1 is 1.19 bits per heavy atom. The molecule has 3 fully saturated rings. The Kier molecular flexibility index (Phi) is 3.21. The van der Waals surface area contributed by atoms with Crippen molar-refractivity contribution in [2.45, 2.75) is 44.6 Å². The summed E-state index contributed by atoms with van der Waals surface area (Å²) in [4.78, 5) is 2.70. The van der Waals surface area contributed by atoms with Gasteiger partial charge in [-0.15, -0.1) is 0 Å². The number of hydrogen-bond donors (Lipinski definition) is 1. The predicted octanol–water partition coefficient (Wildman–Crippen LogP) is 2.11. The van der Waals surface area contributed by atoms with E-state index in [1.165, 1.54) is 58.2 Å². The van der Waals surface area contributed by atoms with Crippen molar-refractivity contribution in [3.63, 3.8) is 0 Å². The maximum absolute atomic E-state index is 3.54.